The zero-order chi connectivity index (χ0) is 8.97. The van der Waals surface area contributed by atoms with Crippen LogP contribution in [0.1, 0.15) is 12.5 Å². The molecule has 0 bridgehead atoms. The molecule has 0 unspecified atom stereocenters. The van der Waals surface area contributed by atoms with E-state index in [1.54, 1.807) is 19.2 Å². The van der Waals surface area contributed by atoms with Crippen LogP contribution in [0, 0.1) is 11.7 Å². The second-order valence-corrected chi connectivity index (χ2v) is 2.72. The monoisotopic (exact) mass is 167 g/mol. The van der Waals surface area contributed by atoms with Crippen molar-refractivity contribution in [2.45, 2.75) is 6.92 Å². The molecule has 0 fully saturated rings. The van der Waals surface area contributed by atoms with Gasteiger partial charge in [-0.05, 0) is 17.7 Å². The van der Waals surface area contributed by atoms with Gasteiger partial charge in [-0.2, -0.15) is 0 Å². The molecule has 0 aliphatic carbocycles. The first-order valence-corrected chi connectivity index (χ1v) is 3.81. The topological polar surface area (TPSA) is 9.23 Å². The molecule has 1 aromatic rings. The van der Waals surface area contributed by atoms with Crippen molar-refractivity contribution >= 4 is 0 Å². The maximum absolute atomic E-state index is 12.5. The van der Waals surface area contributed by atoms with Crippen molar-refractivity contribution in [3.05, 3.63) is 41.6 Å². The predicted octanol–water partition coefficient (Wildman–Crippen LogP) is 2.41. The van der Waals surface area contributed by atoms with Gasteiger partial charge in [0.1, 0.15) is 5.82 Å². The molecule has 0 saturated carbocycles. The normalized spacial score (nSPS) is 10.7. The third kappa shape index (κ3) is 2.31. The summed E-state index contributed by atoms with van der Waals surface area (Å²) in [5.41, 5.74) is 1.03. The molecule has 0 heterocycles. The van der Waals surface area contributed by atoms with Crippen LogP contribution in [0.4, 0.5) is 4.39 Å². The SMILES string of the molecule is COC[C](C)c1ccc(F)cc1. The van der Waals surface area contributed by atoms with Crippen molar-refractivity contribution in [2.24, 2.45) is 0 Å². The van der Waals surface area contributed by atoms with Crippen molar-refractivity contribution in [1.82, 2.24) is 0 Å². The molecule has 0 aliphatic heterocycles. The summed E-state index contributed by atoms with van der Waals surface area (Å²) in [6, 6.07) is 6.41. The standard InChI is InChI=1S/C10H12FO/c1-8(7-12-2)9-3-5-10(11)6-4-9/h3-6H,7H2,1-2H3. The molecular weight excluding hydrogens is 155 g/mol. The summed E-state index contributed by atoms with van der Waals surface area (Å²) in [7, 11) is 1.65. The van der Waals surface area contributed by atoms with E-state index < -0.39 is 0 Å². The first-order valence-electron chi connectivity index (χ1n) is 3.81. The van der Waals surface area contributed by atoms with E-state index in [-0.39, 0.29) is 5.82 Å². The lowest BCUT2D eigenvalue weighted by Crippen LogP contribution is -2.02. The van der Waals surface area contributed by atoms with Crippen molar-refractivity contribution in [3.63, 3.8) is 0 Å². The van der Waals surface area contributed by atoms with E-state index in [9.17, 15) is 4.39 Å². The lowest BCUT2D eigenvalue weighted by molar-refractivity contribution is 0.214. The molecule has 0 atom stereocenters. The molecule has 65 valence electrons. The molecule has 12 heavy (non-hydrogen) atoms. The van der Waals surface area contributed by atoms with Crippen LogP contribution in [0.25, 0.3) is 0 Å². The highest BCUT2D eigenvalue weighted by Gasteiger charge is 2.04. The minimum atomic E-state index is -0.205. The largest absolute Gasteiger partial charge is 0.384 e. The summed E-state index contributed by atoms with van der Waals surface area (Å²) in [5, 5.41) is 0. The van der Waals surface area contributed by atoms with Crippen LogP contribution in [-0.4, -0.2) is 13.7 Å². The molecule has 1 rings (SSSR count). The fourth-order valence-corrected chi connectivity index (χ4v) is 1.03. The van der Waals surface area contributed by atoms with Gasteiger partial charge in [0, 0.05) is 13.0 Å². The van der Waals surface area contributed by atoms with Crippen LogP contribution < -0.4 is 0 Å². The highest BCUT2D eigenvalue weighted by Crippen LogP contribution is 2.14. The van der Waals surface area contributed by atoms with E-state index in [4.69, 9.17) is 4.74 Å². The summed E-state index contributed by atoms with van der Waals surface area (Å²) < 4.78 is 17.5. The predicted molar refractivity (Wildman–Crippen MR) is 46.3 cm³/mol. The van der Waals surface area contributed by atoms with E-state index in [1.807, 2.05) is 6.92 Å². The van der Waals surface area contributed by atoms with Crippen molar-refractivity contribution in [1.29, 1.82) is 0 Å². The Morgan fingerprint density at radius 2 is 1.92 bits per heavy atom. The Balaban J connectivity index is 2.68. The van der Waals surface area contributed by atoms with Crippen molar-refractivity contribution in [3.8, 4) is 0 Å². The van der Waals surface area contributed by atoms with Gasteiger partial charge in [-0.15, -0.1) is 0 Å². The van der Waals surface area contributed by atoms with Gasteiger partial charge in [0.05, 0.1) is 6.61 Å². The molecule has 1 aromatic carbocycles. The summed E-state index contributed by atoms with van der Waals surface area (Å²) in [6.07, 6.45) is 0. The van der Waals surface area contributed by atoms with Gasteiger partial charge >= 0.3 is 0 Å². The fourth-order valence-electron chi connectivity index (χ4n) is 1.03. The van der Waals surface area contributed by atoms with E-state index >= 15 is 0 Å². The lowest BCUT2D eigenvalue weighted by Gasteiger charge is -2.08. The molecule has 0 aliphatic rings. The minimum absolute atomic E-state index is 0.205. The molecule has 1 radical (unpaired) electrons. The molecule has 0 amide bonds. The van der Waals surface area contributed by atoms with Gasteiger partial charge in [-0.25, -0.2) is 4.39 Å². The van der Waals surface area contributed by atoms with Gasteiger partial charge < -0.3 is 4.74 Å². The molecule has 0 saturated heterocycles. The fraction of sp³-hybridized carbons (Fsp3) is 0.300. The first-order chi connectivity index (χ1) is 5.74. The van der Waals surface area contributed by atoms with Crippen molar-refractivity contribution < 1.29 is 9.13 Å². The summed E-state index contributed by atoms with van der Waals surface area (Å²) in [4.78, 5) is 0. The molecule has 0 aromatic heterocycles. The Hall–Kier alpha value is -0.890. The van der Waals surface area contributed by atoms with Gasteiger partial charge in [0.25, 0.3) is 0 Å². The smallest absolute Gasteiger partial charge is 0.123 e. The van der Waals surface area contributed by atoms with E-state index in [0.717, 1.165) is 11.5 Å². The third-order valence-electron chi connectivity index (χ3n) is 1.70. The maximum Gasteiger partial charge on any atom is 0.123 e. The molecule has 2 heteroatoms. The van der Waals surface area contributed by atoms with Gasteiger partial charge in [0.2, 0.25) is 0 Å². The zero-order valence-electron chi connectivity index (χ0n) is 7.30. The molecular formula is C10H12FO. The Labute approximate surface area is 72.2 Å². The highest BCUT2D eigenvalue weighted by atomic mass is 19.1. The highest BCUT2D eigenvalue weighted by molar-refractivity contribution is 5.29. The van der Waals surface area contributed by atoms with Crippen LogP contribution in [0.3, 0.4) is 0 Å². The van der Waals surface area contributed by atoms with Crippen LogP contribution in [0.5, 0.6) is 0 Å². The molecule has 1 nitrogen and oxygen atoms in total. The number of rotatable bonds is 3. The van der Waals surface area contributed by atoms with Gasteiger partial charge in [-0.1, -0.05) is 19.1 Å². The van der Waals surface area contributed by atoms with Crippen LogP contribution in [-0.2, 0) is 4.74 Å². The second kappa shape index (κ2) is 4.21. The Morgan fingerprint density at radius 3 is 2.42 bits per heavy atom. The zero-order valence-corrected chi connectivity index (χ0v) is 7.30. The van der Waals surface area contributed by atoms with Crippen LogP contribution >= 0.6 is 0 Å². The first kappa shape index (κ1) is 9.20. The van der Waals surface area contributed by atoms with Crippen LogP contribution in [0.2, 0.25) is 0 Å². The van der Waals surface area contributed by atoms with E-state index in [2.05, 4.69) is 0 Å². The summed E-state index contributed by atoms with van der Waals surface area (Å²) in [6.45, 7) is 2.56. The summed E-state index contributed by atoms with van der Waals surface area (Å²) in [5.74, 6) is 0.904. The number of hydrogen-bond acceptors (Lipinski definition) is 1. The van der Waals surface area contributed by atoms with Gasteiger partial charge in [-0.3, -0.25) is 0 Å². The number of ether oxygens (including phenoxy) is 1. The number of halogens is 1. The average Bonchev–Trinajstić information content (AvgIpc) is 2.06. The van der Waals surface area contributed by atoms with E-state index in [1.165, 1.54) is 12.1 Å². The van der Waals surface area contributed by atoms with E-state index in [0.29, 0.717) is 6.61 Å². The molecule has 0 spiro atoms. The number of benzene rings is 1. The lowest BCUT2D eigenvalue weighted by atomic mass is 10.0. The second-order valence-electron chi connectivity index (χ2n) is 2.72. The number of hydrogen-bond donors (Lipinski definition) is 0. The number of methoxy groups -OCH3 is 1. The quantitative estimate of drug-likeness (QED) is 0.671. The Bertz CT molecular complexity index is 230. The maximum atomic E-state index is 12.5. The average molecular weight is 167 g/mol. The van der Waals surface area contributed by atoms with Crippen molar-refractivity contribution in [2.75, 3.05) is 13.7 Å². The summed E-state index contributed by atoms with van der Waals surface area (Å²) >= 11 is 0. The van der Waals surface area contributed by atoms with Gasteiger partial charge in [0.15, 0.2) is 0 Å². The molecule has 0 N–H and O–H groups in total. The van der Waals surface area contributed by atoms with Crippen LogP contribution in [0.15, 0.2) is 24.3 Å². The minimum Gasteiger partial charge on any atom is -0.384 e. The Morgan fingerprint density at radius 1 is 1.33 bits per heavy atom. The third-order valence-corrected chi connectivity index (χ3v) is 1.70. The Kier molecular flexibility index (Phi) is 3.23.